The van der Waals surface area contributed by atoms with Gasteiger partial charge in [-0.1, -0.05) is 22.9 Å². The molecule has 20 heavy (non-hydrogen) atoms. The Morgan fingerprint density at radius 3 is 3.00 bits per heavy atom. The van der Waals surface area contributed by atoms with Gasteiger partial charge in [-0.05, 0) is 19.1 Å². The summed E-state index contributed by atoms with van der Waals surface area (Å²) in [7, 11) is 0. The molecule has 3 rings (SSSR count). The van der Waals surface area contributed by atoms with Crippen LogP contribution in [-0.4, -0.2) is 20.3 Å². The molecular weight excluding hydrogens is 274 g/mol. The number of anilines is 1. The fourth-order valence-corrected chi connectivity index (χ4v) is 2.58. The molecule has 3 aromatic rings. The van der Waals surface area contributed by atoms with E-state index in [-0.39, 0.29) is 0 Å². The zero-order valence-corrected chi connectivity index (χ0v) is 11.6. The molecule has 0 radical (unpaired) electrons. The maximum atomic E-state index is 5.54. The zero-order valence-electron chi connectivity index (χ0n) is 10.8. The maximum absolute atomic E-state index is 5.54. The number of hydrogen-bond acceptors (Lipinski definition) is 6. The van der Waals surface area contributed by atoms with Crippen molar-refractivity contribution in [2.75, 3.05) is 5.73 Å². The van der Waals surface area contributed by atoms with Gasteiger partial charge in [0.25, 0.3) is 5.89 Å². The number of aromatic amines is 1. The molecule has 0 aliphatic rings. The average Bonchev–Trinajstić information content (AvgIpc) is 3.05. The second kappa shape index (κ2) is 5.38. The first-order chi connectivity index (χ1) is 9.70. The van der Waals surface area contributed by atoms with E-state index in [1.54, 1.807) is 17.8 Å². The van der Waals surface area contributed by atoms with Crippen molar-refractivity contribution in [1.29, 1.82) is 0 Å². The molecule has 3 N–H and O–H groups in total. The summed E-state index contributed by atoms with van der Waals surface area (Å²) in [6.07, 6.45) is 0. The second-order valence-corrected chi connectivity index (χ2v) is 5.38. The number of nitrogens with one attached hydrogen (secondary N) is 1. The third-order valence-corrected chi connectivity index (χ3v) is 3.64. The monoisotopic (exact) mass is 287 g/mol. The van der Waals surface area contributed by atoms with Gasteiger partial charge in [0.1, 0.15) is 11.5 Å². The van der Waals surface area contributed by atoms with Gasteiger partial charge in [-0.15, -0.1) is 11.8 Å². The Labute approximate surface area is 119 Å². The van der Waals surface area contributed by atoms with Crippen LogP contribution in [0.2, 0.25) is 0 Å². The summed E-state index contributed by atoms with van der Waals surface area (Å²) in [6.45, 7) is 2.07. The van der Waals surface area contributed by atoms with Crippen LogP contribution in [0.25, 0.3) is 11.6 Å². The highest BCUT2D eigenvalue weighted by atomic mass is 32.2. The molecule has 0 saturated heterocycles. The largest absolute Gasteiger partial charge is 0.382 e. The predicted octanol–water partition coefficient (Wildman–Crippen LogP) is 2.64. The number of thioether (sulfide) groups is 1. The van der Waals surface area contributed by atoms with E-state index in [4.69, 9.17) is 10.3 Å². The van der Waals surface area contributed by atoms with E-state index in [1.807, 2.05) is 6.07 Å². The Hall–Kier alpha value is -2.28. The Morgan fingerprint density at radius 1 is 1.35 bits per heavy atom. The van der Waals surface area contributed by atoms with Gasteiger partial charge in [-0.3, -0.25) is 5.10 Å². The molecule has 7 heteroatoms. The molecule has 1 aromatic carbocycles. The molecule has 102 valence electrons. The lowest BCUT2D eigenvalue weighted by Gasteiger charge is -1.99. The minimum Gasteiger partial charge on any atom is -0.382 e. The van der Waals surface area contributed by atoms with Gasteiger partial charge in [-0.2, -0.15) is 10.1 Å². The van der Waals surface area contributed by atoms with Crippen molar-refractivity contribution in [2.24, 2.45) is 0 Å². The van der Waals surface area contributed by atoms with Gasteiger partial charge >= 0.3 is 0 Å². The third-order valence-electron chi connectivity index (χ3n) is 2.65. The fourth-order valence-electron chi connectivity index (χ4n) is 1.72. The number of hydrogen-bond donors (Lipinski definition) is 2. The SMILES string of the molecule is Cc1cccc(SCc2noc(-c3cc(N)n[nH]3)n2)c1. The van der Waals surface area contributed by atoms with Crippen molar-refractivity contribution >= 4 is 17.6 Å². The lowest BCUT2D eigenvalue weighted by atomic mass is 10.2. The molecule has 0 atom stereocenters. The summed E-state index contributed by atoms with van der Waals surface area (Å²) in [5, 5.41) is 10.5. The summed E-state index contributed by atoms with van der Waals surface area (Å²) in [5.74, 6) is 2.08. The summed E-state index contributed by atoms with van der Waals surface area (Å²) >= 11 is 1.67. The van der Waals surface area contributed by atoms with Gasteiger partial charge in [0.15, 0.2) is 5.82 Å². The van der Waals surface area contributed by atoms with E-state index in [9.17, 15) is 0 Å². The molecule has 0 fully saturated rings. The quantitative estimate of drug-likeness (QED) is 0.716. The van der Waals surface area contributed by atoms with Gasteiger partial charge in [0.05, 0.1) is 5.75 Å². The van der Waals surface area contributed by atoms with Gasteiger partial charge < -0.3 is 10.3 Å². The molecule has 0 unspecified atom stereocenters. The molecule has 2 aromatic heterocycles. The molecule has 0 bridgehead atoms. The van der Waals surface area contributed by atoms with E-state index in [2.05, 4.69) is 45.5 Å². The van der Waals surface area contributed by atoms with Crippen molar-refractivity contribution in [3.63, 3.8) is 0 Å². The van der Waals surface area contributed by atoms with Crippen LogP contribution in [0.4, 0.5) is 5.82 Å². The molecule has 6 nitrogen and oxygen atoms in total. The smallest absolute Gasteiger partial charge is 0.276 e. The molecule has 2 heterocycles. The first-order valence-corrected chi connectivity index (χ1v) is 7.02. The van der Waals surface area contributed by atoms with Crippen LogP contribution < -0.4 is 5.73 Å². The van der Waals surface area contributed by atoms with E-state index >= 15 is 0 Å². The lowest BCUT2D eigenvalue weighted by molar-refractivity contribution is 0.424. The molecule has 0 saturated carbocycles. The van der Waals surface area contributed by atoms with Crippen LogP contribution in [0.15, 0.2) is 39.8 Å². The first kappa shape index (κ1) is 12.7. The summed E-state index contributed by atoms with van der Waals surface area (Å²) in [4.78, 5) is 5.49. The van der Waals surface area contributed by atoms with E-state index in [1.165, 1.54) is 10.5 Å². The van der Waals surface area contributed by atoms with Crippen molar-refractivity contribution < 1.29 is 4.52 Å². The lowest BCUT2D eigenvalue weighted by Crippen LogP contribution is -1.84. The first-order valence-electron chi connectivity index (χ1n) is 6.04. The second-order valence-electron chi connectivity index (χ2n) is 4.33. The highest BCUT2D eigenvalue weighted by Gasteiger charge is 2.11. The van der Waals surface area contributed by atoms with Crippen LogP contribution >= 0.6 is 11.8 Å². The Balaban J connectivity index is 1.68. The normalized spacial score (nSPS) is 10.8. The zero-order chi connectivity index (χ0) is 13.9. The number of aryl methyl sites for hydroxylation is 1. The van der Waals surface area contributed by atoms with Crippen molar-refractivity contribution in [3.8, 4) is 11.6 Å². The van der Waals surface area contributed by atoms with Crippen molar-refractivity contribution in [2.45, 2.75) is 17.6 Å². The number of benzene rings is 1. The summed E-state index contributed by atoms with van der Waals surface area (Å²) < 4.78 is 5.17. The van der Waals surface area contributed by atoms with Crippen LogP contribution in [-0.2, 0) is 5.75 Å². The van der Waals surface area contributed by atoms with E-state index < -0.39 is 0 Å². The molecule has 0 spiro atoms. The summed E-state index contributed by atoms with van der Waals surface area (Å²) in [6, 6.07) is 9.95. The minimum absolute atomic E-state index is 0.397. The Morgan fingerprint density at radius 2 is 2.25 bits per heavy atom. The highest BCUT2D eigenvalue weighted by Crippen LogP contribution is 2.23. The average molecular weight is 287 g/mol. The van der Waals surface area contributed by atoms with Gasteiger partial charge in [0, 0.05) is 11.0 Å². The van der Waals surface area contributed by atoms with Gasteiger partial charge in [0.2, 0.25) is 0 Å². The van der Waals surface area contributed by atoms with Gasteiger partial charge in [-0.25, -0.2) is 0 Å². The molecule has 0 aliphatic heterocycles. The highest BCUT2D eigenvalue weighted by molar-refractivity contribution is 7.98. The number of nitrogen functional groups attached to an aromatic ring is 1. The topological polar surface area (TPSA) is 93.6 Å². The number of nitrogens with zero attached hydrogens (tertiary/aromatic N) is 3. The standard InChI is InChI=1S/C13H13N5OS/c1-8-3-2-4-9(5-8)20-7-12-15-13(19-18-12)10-6-11(14)17-16-10/h2-6H,7H2,1H3,(H3,14,16,17). The molecule has 0 aliphatic carbocycles. The Bertz CT molecular complexity index is 721. The maximum Gasteiger partial charge on any atom is 0.276 e. The van der Waals surface area contributed by atoms with Crippen LogP contribution in [0.5, 0.6) is 0 Å². The molecular formula is C13H13N5OS. The van der Waals surface area contributed by atoms with Crippen molar-refractivity contribution in [3.05, 3.63) is 41.7 Å². The van der Waals surface area contributed by atoms with Crippen LogP contribution in [0.3, 0.4) is 0 Å². The number of H-pyrrole nitrogens is 1. The Kier molecular flexibility index (Phi) is 3.42. The number of rotatable bonds is 4. The van der Waals surface area contributed by atoms with Crippen LogP contribution in [0.1, 0.15) is 11.4 Å². The summed E-state index contributed by atoms with van der Waals surface area (Å²) in [5.41, 5.74) is 7.40. The van der Waals surface area contributed by atoms with Crippen LogP contribution in [0, 0.1) is 6.92 Å². The number of aromatic nitrogens is 4. The predicted molar refractivity (Wildman–Crippen MR) is 77.0 cm³/mol. The molecule has 0 amide bonds. The number of nitrogens with two attached hydrogens (primary N) is 1. The minimum atomic E-state index is 0.397. The third kappa shape index (κ3) is 2.83. The fraction of sp³-hybridized carbons (Fsp3) is 0.154. The van der Waals surface area contributed by atoms with Crippen molar-refractivity contribution in [1.82, 2.24) is 20.3 Å². The van der Waals surface area contributed by atoms with E-state index in [0.717, 1.165) is 0 Å². The van der Waals surface area contributed by atoms with E-state index in [0.29, 0.717) is 29.0 Å².